The van der Waals surface area contributed by atoms with Crippen molar-refractivity contribution in [2.75, 3.05) is 0 Å². The highest BCUT2D eigenvalue weighted by Crippen LogP contribution is 2.40. The maximum atomic E-state index is 4.39. The SMILES string of the molecule is C1=NC=C(C2=CC=C(n3c4ccccc4c4ccc5ccn(-c6ccccc6)c5c43)CC2)CC1. The van der Waals surface area contributed by atoms with E-state index in [1.807, 2.05) is 12.4 Å². The Morgan fingerprint density at radius 2 is 1.56 bits per heavy atom. The Morgan fingerprint density at radius 1 is 0.676 bits per heavy atom. The molecule has 3 heteroatoms. The molecule has 34 heavy (non-hydrogen) atoms. The molecule has 1 aliphatic carbocycles. The second-order valence-electron chi connectivity index (χ2n) is 9.15. The van der Waals surface area contributed by atoms with Crippen LogP contribution in [-0.2, 0) is 0 Å². The molecule has 0 N–H and O–H groups in total. The van der Waals surface area contributed by atoms with Crippen molar-refractivity contribution in [3.63, 3.8) is 0 Å². The minimum absolute atomic E-state index is 1.02. The van der Waals surface area contributed by atoms with Crippen molar-refractivity contribution in [2.24, 2.45) is 4.99 Å². The van der Waals surface area contributed by atoms with E-state index in [2.05, 4.69) is 105 Å². The quantitative estimate of drug-likeness (QED) is 0.271. The number of hydrogen-bond donors (Lipinski definition) is 0. The van der Waals surface area contributed by atoms with Crippen LogP contribution >= 0.6 is 0 Å². The molecule has 2 aliphatic rings. The van der Waals surface area contributed by atoms with E-state index >= 15 is 0 Å². The molecule has 0 spiro atoms. The lowest BCUT2D eigenvalue weighted by Gasteiger charge is -2.20. The van der Waals surface area contributed by atoms with Gasteiger partial charge >= 0.3 is 0 Å². The smallest absolute Gasteiger partial charge is 0.0785 e. The molecule has 3 aromatic carbocycles. The van der Waals surface area contributed by atoms with Crippen LogP contribution in [-0.4, -0.2) is 15.3 Å². The van der Waals surface area contributed by atoms with Crippen LogP contribution in [0.3, 0.4) is 0 Å². The molecule has 0 atom stereocenters. The molecule has 0 radical (unpaired) electrons. The van der Waals surface area contributed by atoms with Crippen molar-refractivity contribution < 1.29 is 0 Å². The molecule has 0 amide bonds. The highest BCUT2D eigenvalue weighted by atomic mass is 15.0. The fraction of sp³-hybridized carbons (Fsp3) is 0.129. The van der Waals surface area contributed by atoms with Crippen molar-refractivity contribution in [3.05, 3.63) is 108 Å². The topological polar surface area (TPSA) is 22.2 Å². The van der Waals surface area contributed by atoms with E-state index < -0.39 is 0 Å². The van der Waals surface area contributed by atoms with Gasteiger partial charge in [-0.1, -0.05) is 54.6 Å². The van der Waals surface area contributed by atoms with Crippen LogP contribution in [0.1, 0.15) is 25.7 Å². The predicted octanol–water partition coefficient (Wildman–Crippen LogP) is 8.05. The third kappa shape index (κ3) is 2.94. The first-order chi connectivity index (χ1) is 16.9. The molecule has 0 fully saturated rings. The highest BCUT2D eigenvalue weighted by molar-refractivity contribution is 6.18. The Kier molecular flexibility index (Phi) is 4.41. The van der Waals surface area contributed by atoms with Crippen LogP contribution in [0.25, 0.3) is 44.1 Å². The Hall–Kier alpha value is -4.11. The van der Waals surface area contributed by atoms with Crippen LogP contribution in [0, 0.1) is 0 Å². The molecule has 3 heterocycles. The van der Waals surface area contributed by atoms with Crippen molar-refractivity contribution in [3.8, 4) is 5.69 Å². The van der Waals surface area contributed by atoms with E-state index in [1.54, 1.807) is 0 Å². The maximum Gasteiger partial charge on any atom is 0.0785 e. The molecule has 1 aliphatic heterocycles. The first-order valence-corrected chi connectivity index (χ1v) is 12.1. The van der Waals surface area contributed by atoms with E-state index in [-0.39, 0.29) is 0 Å². The molecular formula is C31H25N3. The van der Waals surface area contributed by atoms with Crippen molar-refractivity contribution in [1.29, 1.82) is 0 Å². The Labute approximate surface area is 198 Å². The molecule has 7 rings (SSSR count). The van der Waals surface area contributed by atoms with Gasteiger partial charge in [-0.2, -0.15) is 0 Å². The van der Waals surface area contributed by atoms with Crippen LogP contribution in [0.15, 0.2) is 113 Å². The summed E-state index contributed by atoms with van der Waals surface area (Å²) in [7, 11) is 0. The summed E-state index contributed by atoms with van der Waals surface area (Å²) in [6.45, 7) is 0. The first-order valence-electron chi connectivity index (χ1n) is 12.1. The van der Waals surface area contributed by atoms with Gasteiger partial charge in [-0.15, -0.1) is 0 Å². The van der Waals surface area contributed by atoms with Gasteiger partial charge in [-0.25, -0.2) is 0 Å². The largest absolute Gasteiger partial charge is 0.315 e. The molecule has 5 aromatic rings. The molecule has 2 aromatic heterocycles. The van der Waals surface area contributed by atoms with Gasteiger partial charge in [0.15, 0.2) is 0 Å². The molecule has 0 unspecified atom stereocenters. The van der Waals surface area contributed by atoms with E-state index in [9.17, 15) is 0 Å². The number of rotatable bonds is 3. The second kappa shape index (κ2) is 7.74. The van der Waals surface area contributed by atoms with Gasteiger partial charge in [0.1, 0.15) is 0 Å². The normalized spacial score (nSPS) is 16.2. The fourth-order valence-electron chi connectivity index (χ4n) is 5.60. The van der Waals surface area contributed by atoms with Gasteiger partial charge in [-0.05, 0) is 67.2 Å². The van der Waals surface area contributed by atoms with Crippen molar-refractivity contribution in [2.45, 2.75) is 25.7 Å². The van der Waals surface area contributed by atoms with Crippen LogP contribution < -0.4 is 0 Å². The zero-order chi connectivity index (χ0) is 22.5. The second-order valence-corrected chi connectivity index (χ2v) is 9.15. The lowest BCUT2D eigenvalue weighted by molar-refractivity contribution is 0.893. The summed E-state index contributed by atoms with van der Waals surface area (Å²) in [6.07, 6.45) is 15.1. The van der Waals surface area contributed by atoms with E-state index in [4.69, 9.17) is 0 Å². The maximum absolute atomic E-state index is 4.39. The minimum atomic E-state index is 1.02. The molecule has 0 saturated heterocycles. The van der Waals surface area contributed by atoms with Gasteiger partial charge in [0.25, 0.3) is 0 Å². The van der Waals surface area contributed by atoms with Gasteiger partial charge in [0, 0.05) is 46.2 Å². The van der Waals surface area contributed by atoms with Gasteiger partial charge < -0.3 is 9.13 Å². The van der Waals surface area contributed by atoms with E-state index in [0.717, 1.165) is 25.7 Å². The minimum Gasteiger partial charge on any atom is -0.315 e. The summed E-state index contributed by atoms with van der Waals surface area (Å²) in [4.78, 5) is 4.39. The summed E-state index contributed by atoms with van der Waals surface area (Å²) < 4.78 is 4.84. The van der Waals surface area contributed by atoms with Crippen LogP contribution in [0.2, 0.25) is 0 Å². The summed E-state index contributed by atoms with van der Waals surface area (Å²) in [5.74, 6) is 0. The molecule has 0 saturated carbocycles. The van der Waals surface area contributed by atoms with Crippen LogP contribution in [0.4, 0.5) is 0 Å². The van der Waals surface area contributed by atoms with Gasteiger partial charge in [-0.3, -0.25) is 4.99 Å². The highest BCUT2D eigenvalue weighted by Gasteiger charge is 2.20. The van der Waals surface area contributed by atoms with Crippen LogP contribution in [0.5, 0.6) is 0 Å². The summed E-state index contributed by atoms with van der Waals surface area (Å²) in [6, 6.07) is 26.3. The molecule has 164 valence electrons. The zero-order valence-corrected chi connectivity index (χ0v) is 19.0. The number of hydrogen-bond acceptors (Lipinski definition) is 1. The predicted molar refractivity (Wildman–Crippen MR) is 144 cm³/mol. The Bertz CT molecular complexity index is 1690. The number of aliphatic imine (C=N–C) groups is 1. The lowest BCUT2D eigenvalue weighted by atomic mass is 9.93. The average Bonchev–Trinajstić information content (AvgIpc) is 3.49. The standard InChI is InChI=1S/C31H25N3/c1-2-8-25(9-3-1)33-20-18-23-14-17-28-27-10-4-5-11-29(27)34(31(28)30(23)33)26-15-12-22(13-16-26)24-7-6-19-32-21-24/h1-5,8-12,14-15,17-21H,6-7,13,16H2. The monoisotopic (exact) mass is 439 g/mol. The van der Waals surface area contributed by atoms with Crippen molar-refractivity contribution >= 4 is 44.6 Å². The van der Waals surface area contributed by atoms with E-state index in [0.29, 0.717) is 0 Å². The molecule has 3 nitrogen and oxygen atoms in total. The van der Waals surface area contributed by atoms with Gasteiger partial charge in [0.2, 0.25) is 0 Å². The summed E-state index contributed by atoms with van der Waals surface area (Å²) in [5, 5.41) is 3.87. The van der Waals surface area contributed by atoms with Gasteiger partial charge in [0.05, 0.1) is 16.6 Å². The third-order valence-corrected chi connectivity index (χ3v) is 7.23. The third-order valence-electron chi connectivity index (χ3n) is 7.23. The lowest BCUT2D eigenvalue weighted by Crippen LogP contribution is -2.04. The number of allylic oxidation sites excluding steroid dienone is 5. The zero-order valence-electron chi connectivity index (χ0n) is 19.0. The molecular weight excluding hydrogens is 414 g/mol. The number of fused-ring (bicyclic) bond motifs is 5. The number of nitrogens with zero attached hydrogens (tertiary/aromatic N) is 3. The average molecular weight is 440 g/mol. The first kappa shape index (κ1) is 19.4. The van der Waals surface area contributed by atoms with E-state index in [1.165, 1.54) is 55.2 Å². The van der Waals surface area contributed by atoms with Crippen molar-refractivity contribution in [1.82, 2.24) is 9.13 Å². The Morgan fingerprint density at radius 3 is 2.38 bits per heavy atom. The molecule has 0 bridgehead atoms. The number of aromatic nitrogens is 2. The summed E-state index contributed by atoms with van der Waals surface area (Å²) >= 11 is 0. The Balaban J connectivity index is 1.52. The summed E-state index contributed by atoms with van der Waals surface area (Å²) in [5.41, 5.74) is 9.18. The number of para-hydroxylation sites is 2. The number of benzene rings is 3. The fourth-order valence-corrected chi connectivity index (χ4v) is 5.60.